The minimum absolute atomic E-state index is 0.119. The Morgan fingerprint density at radius 3 is 2.02 bits per heavy atom. The molecule has 0 spiro atoms. The van der Waals surface area contributed by atoms with Crippen LogP contribution in [0.25, 0.3) is 6.08 Å². The number of hydrogen-bond donors (Lipinski definition) is 3. The molecule has 7 heteroatoms. The summed E-state index contributed by atoms with van der Waals surface area (Å²) in [6.07, 6.45) is 1.68. The predicted molar refractivity (Wildman–Crippen MR) is 188 cm³/mol. The van der Waals surface area contributed by atoms with Crippen molar-refractivity contribution in [2.75, 3.05) is 10.6 Å². The number of anilines is 2. The van der Waals surface area contributed by atoms with Crippen molar-refractivity contribution in [2.24, 2.45) is 0 Å². The Morgan fingerprint density at radius 1 is 0.674 bits per heavy atom. The standard InChI is InChI=1S/C39H35N3O3S/c1-26-18-19-28(3)34(24-26)41-39(45)36(29-13-6-4-7-14-29)46-33-22-20-32(21-23-33)40-38(44)35(25-31-17-11-10-12-27(31)2)42-37(43)30-15-8-5-9-16-30/h4-25,36H,1-3H3,(H,40,44)(H,41,45)(H,42,43)/b35-25-. The number of rotatable bonds is 10. The summed E-state index contributed by atoms with van der Waals surface area (Å²) < 4.78 is 0. The summed E-state index contributed by atoms with van der Waals surface area (Å²) in [5.41, 5.74) is 6.64. The van der Waals surface area contributed by atoms with Crippen LogP contribution in [0.3, 0.4) is 0 Å². The average molecular weight is 626 g/mol. The van der Waals surface area contributed by atoms with Gasteiger partial charge in [-0.1, -0.05) is 84.9 Å². The lowest BCUT2D eigenvalue weighted by molar-refractivity contribution is -0.116. The topological polar surface area (TPSA) is 87.3 Å². The van der Waals surface area contributed by atoms with Crippen molar-refractivity contribution >= 4 is 46.9 Å². The summed E-state index contributed by atoms with van der Waals surface area (Å²) in [5, 5.41) is 8.31. The zero-order valence-electron chi connectivity index (χ0n) is 25.9. The Morgan fingerprint density at radius 2 is 1.33 bits per heavy atom. The van der Waals surface area contributed by atoms with Gasteiger partial charge in [0.2, 0.25) is 5.91 Å². The number of carbonyl (C=O) groups is 3. The molecule has 0 fully saturated rings. The van der Waals surface area contributed by atoms with Crippen molar-refractivity contribution in [3.63, 3.8) is 0 Å². The first kappa shape index (κ1) is 32.0. The van der Waals surface area contributed by atoms with Crippen molar-refractivity contribution in [2.45, 2.75) is 30.9 Å². The Hall–Kier alpha value is -5.40. The van der Waals surface area contributed by atoms with Crippen molar-refractivity contribution in [3.8, 4) is 0 Å². The van der Waals surface area contributed by atoms with Gasteiger partial charge >= 0.3 is 0 Å². The Balaban J connectivity index is 1.34. The van der Waals surface area contributed by atoms with E-state index in [2.05, 4.69) is 16.0 Å². The van der Waals surface area contributed by atoms with Gasteiger partial charge in [-0.15, -0.1) is 11.8 Å². The van der Waals surface area contributed by atoms with E-state index in [-0.39, 0.29) is 17.5 Å². The SMILES string of the molecule is Cc1ccc(C)c(NC(=O)C(Sc2ccc(NC(=O)/C(=C/c3ccccc3C)NC(=O)c3ccccc3)cc2)c2ccccc2)c1. The molecule has 0 aliphatic heterocycles. The highest BCUT2D eigenvalue weighted by atomic mass is 32.2. The highest BCUT2D eigenvalue weighted by Crippen LogP contribution is 2.37. The molecule has 5 aromatic carbocycles. The zero-order chi connectivity index (χ0) is 32.5. The van der Waals surface area contributed by atoms with E-state index in [9.17, 15) is 14.4 Å². The number of benzene rings is 5. The van der Waals surface area contributed by atoms with E-state index in [0.717, 1.165) is 38.4 Å². The first-order valence-corrected chi connectivity index (χ1v) is 15.8. The van der Waals surface area contributed by atoms with Crippen LogP contribution in [0.2, 0.25) is 0 Å². The van der Waals surface area contributed by atoms with Crippen molar-refractivity contribution in [3.05, 3.63) is 166 Å². The third-order valence-corrected chi connectivity index (χ3v) is 8.64. The van der Waals surface area contributed by atoms with Crippen LogP contribution in [0, 0.1) is 20.8 Å². The summed E-state index contributed by atoms with van der Waals surface area (Å²) in [6, 6.07) is 39.4. The number of aryl methyl sites for hydroxylation is 3. The third-order valence-electron chi connectivity index (χ3n) is 7.37. The second kappa shape index (κ2) is 15.1. The van der Waals surface area contributed by atoms with Gasteiger partial charge in [0.1, 0.15) is 10.9 Å². The lowest BCUT2D eigenvalue weighted by Gasteiger charge is -2.18. The maximum atomic E-state index is 13.6. The fourth-order valence-corrected chi connectivity index (χ4v) is 5.79. The molecular weight excluding hydrogens is 591 g/mol. The number of nitrogens with one attached hydrogen (secondary N) is 3. The molecule has 0 aliphatic rings. The summed E-state index contributed by atoms with van der Waals surface area (Å²) in [5.74, 6) is -0.959. The van der Waals surface area contributed by atoms with E-state index >= 15 is 0 Å². The normalized spacial score (nSPS) is 11.8. The van der Waals surface area contributed by atoms with Crippen molar-refractivity contribution in [1.82, 2.24) is 5.32 Å². The van der Waals surface area contributed by atoms with E-state index in [1.165, 1.54) is 11.8 Å². The van der Waals surface area contributed by atoms with Gasteiger partial charge in [0, 0.05) is 21.8 Å². The van der Waals surface area contributed by atoms with Gasteiger partial charge < -0.3 is 16.0 Å². The molecule has 3 amide bonds. The molecule has 6 nitrogen and oxygen atoms in total. The molecule has 0 aliphatic carbocycles. The van der Waals surface area contributed by atoms with Crippen LogP contribution in [0.15, 0.2) is 138 Å². The average Bonchev–Trinajstić information content (AvgIpc) is 3.07. The number of amides is 3. The van der Waals surface area contributed by atoms with Crippen molar-refractivity contribution < 1.29 is 14.4 Å². The highest BCUT2D eigenvalue weighted by Gasteiger charge is 2.23. The molecule has 0 saturated heterocycles. The van der Waals surface area contributed by atoms with Crippen LogP contribution in [-0.2, 0) is 9.59 Å². The zero-order valence-corrected chi connectivity index (χ0v) is 26.7. The van der Waals surface area contributed by atoms with Gasteiger partial charge in [0.15, 0.2) is 0 Å². The first-order valence-electron chi connectivity index (χ1n) is 14.9. The van der Waals surface area contributed by atoms with Gasteiger partial charge in [-0.05, 0) is 97.1 Å². The number of carbonyl (C=O) groups excluding carboxylic acids is 3. The molecule has 230 valence electrons. The first-order chi connectivity index (χ1) is 22.3. The van der Waals surface area contributed by atoms with Gasteiger partial charge in [-0.25, -0.2) is 0 Å². The van der Waals surface area contributed by atoms with E-state index in [1.54, 1.807) is 42.5 Å². The van der Waals surface area contributed by atoms with Crippen LogP contribution >= 0.6 is 11.8 Å². The van der Waals surface area contributed by atoms with Crippen LogP contribution < -0.4 is 16.0 Å². The molecule has 3 N–H and O–H groups in total. The molecule has 46 heavy (non-hydrogen) atoms. The fraction of sp³-hybridized carbons (Fsp3) is 0.103. The quantitative estimate of drug-likeness (QED) is 0.107. The molecule has 0 saturated carbocycles. The monoisotopic (exact) mass is 625 g/mol. The molecule has 0 aromatic heterocycles. The van der Waals surface area contributed by atoms with Crippen LogP contribution in [0.5, 0.6) is 0 Å². The lowest BCUT2D eigenvalue weighted by atomic mass is 10.1. The van der Waals surface area contributed by atoms with Crippen molar-refractivity contribution in [1.29, 1.82) is 0 Å². The van der Waals surface area contributed by atoms with Gasteiger partial charge in [0.25, 0.3) is 11.8 Å². The molecule has 1 unspecified atom stereocenters. The minimum atomic E-state index is -0.501. The Kier molecular flexibility index (Phi) is 10.5. The molecular formula is C39H35N3O3S. The van der Waals surface area contributed by atoms with Gasteiger partial charge in [0.05, 0.1) is 0 Å². The molecule has 5 aromatic rings. The van der Waals surface area contributed by atoms with Gasteiger partial charge in [-0.3, -0.25) is 14.4 Å². The Labute approximate surface area is 274 Å². The second-order valence-corrected chi connectivity index (χ2v) is 12.1. The molecule has 1 atom stereocenters. The molecule has 0 heterocycles. The van der Waals surface area contributed by atoms with E-state index in [1.807, 2.05) is 112 Å². The maximum absolute atomic E-state index is 13.6. The molecule has 5 rings (SSSR count). The van der Waals surface area contributed by atoms with Crippen LogP contribution in [-0.4, -0.2) is 17.7 Å². The maximum Gasteiger partial charge on any atom is 0.272 e. The fourth-order valence-electron chi connectivity index (χ4n) is 4.77. The van der Waals surface area contributed by atoms with E-state index < -0.39 is 11.2 Å². The smallest absolute Gasteiger partial charge is 0.272 e. The number of hydrogen-bond acceptors (Lipinski definition) is 4. The van der Waals surface area contributed by atoms with Gasteiger partial charge in [-0.2, -0.15) is 0 Å². The number of thioether (sulfide) groups is 1. The molecule has 0 bridgehead atoms. The Bertz CT molecular complexity index is 1870. The largest absolute Gasteiger partial charge is 0.325 e. The summed E-state index contributed by atoms with van der Waals surface area (Å²) in [6.45, 7) is 5.92. The molecule has 0 radical (unpaired) electrons. The lowest BCUT2D eigenvalue weighted by Crippen LogP contribution is -2.30. The third kappa shape index (κ3) is 8.40. The van der Waals surface area contributed by atoms with E-state index in [4.69, 9.17) is 0 Å². The van der Waals surface area contributed by atoms with Crippen LogP contribution in [0.1, 0.15) is 43.4 Å². The summed E-state index contributed by atoms with van der Waals surface area (Å²) in [7, 11) is 0. The summed E-state index contributed by atoms with van der Waals surface area (Å²) in [4.78, 5) is 41.0. The predicted octanol–water partition coefficient (Wildman–Crippen LogP) is 8.49. The minimum Gasteiger partial charge on any atom is -0.325 e. The highest BCUT2D eigenvalue weighted by molar-refractivity contribution is 8.00. The second-order valence-electron chi connectivity index (χ2n) is 10.9. The van der Waals surface area contributed by atoms with Crippen LogP contribution in [0.4, 0.5) is 11.4 Å². The summed E-state index contributed by atoms with van der Waals surface area (Å²) >= 11 is 1.43. The van der Waals surface area contributed by atoms with E-state index in [0.29, 0.717) is 11.3 Å².